The summed E-state index contributed by atoms with van der Waals surface area (Å²) >= 11 is 0. The first-order valence-electron chi connectivity index (χ1n) is 9.11. The van der Waals surface area contributed by atoms with Crippen LogP contribution in [0.2, 0.25) is 0 Å². The maximum Gasteiger partial charge on any atom is 0.178 e. The molecule has 1 aliphatic rings. The minimum Gasteiger partial charge on any atom is -0.328 e. The van der Waals surface area contributed by atoms with Crippen molar-refractivity contribution in [2.75, 3.05) is 17.3 Å². The predicted molar refractivity (Wildman–Crippen MR) is 109 cm³/mol. The van der Waals surface area contributed by atoms with Gasteiger partial charge in [-0.15, -0.1) is 0 Å². The molecule has 0 bridgehead atoms. The van der Waals surface area contributed by atoms with E-state index in [9.17, 15) is 8.42 Å². The predicted octanol–water partition coefficient (Wildman–Crippen LogP) is 3.65. The zero-order valence-electron chi connectivity index (χ0n) is 16.5. The van der Waals surface area contributed by atoms with E-state index in [0.717, 1.165) is 28.5 Å². The minimum absolute atomic E-state index is 0.103. The fourth-order valence-corrected chi connectivity index (χ4v) is 4.31. The molecular formula is C20H26N4O2S. The maximum atomic E-state index is 12.1. The van der Waals surface area contributed by atoms with Gasteiger partial charge in [0.2, 0.25) is 0 Å². The number of allylic oxidation sites excluding steroid dienone is 1. The fraction of sp³-hybridized carbons (Fsp3) is 0.400. The van der Waals surface area contributed by atoms with E-state index < -0.39 is 9.84 Å². The molecule has 1 aromatic carbocycles. The Labute approximate surface area is 161 Å². The van der Waals surface area contributed by atoms with Gasteiger partial charge in [-0.2, -0.15) is 0 Å². The second kappa shape index (κ2) is 7.31. The monoisotopic (exact) mass is 386 g/mol. The fourth-order valence-electron chi connectivity index (χ4n) is 3.34. The van der Waals surface area contributed by atoms with E-state index in [1.165, 1.54) is 0 Å². The van der Waals surface area contributed by atoms with Gasteiger partial charge in [-0.05, 0) is 57.5 Å². The average Bonchev–Trinajstić information content (AvgIpc) is 3.03. The van der Waals surface area contributed by atoms with Crippen molar-refractivity contribution in [1.82, 2.24) is 9.55 Å². The molecule has 27 heavy (non-hydrogen) atoms. The quantitative estimate of drug-likeness (QED) is 0.786. The molecule has 1 aromatic heterocycles. The van der Waals surface area contributed by atoms with Crippen LogP contribution in [0.15, 0.2) is 46.6 Å². The van der Waals surface area contributed by atoms with E-state index in [1.807, 2.05) is 43.3 Å². The highest BCUT2D eigenvalue weighted by Gasteiger charge is 2.18. The molecule has 0 spiro atoms. The van der Waals surface area contributed by atoms with E-state index in [1.54, 1.807) is 19.1 Å². The summed E-state index contributed by atoms with van der Waals surface area (Å²) in [5.74, 6) is 1.08. The third kappa shape index (κ3) is 3.69. The van der Waals surface area contributed by atoms with Gasteiger partial charge in [0.25, 0.3) is 0 Å². The van der Waals surface area contributed by atoms with Gasteiger partial charge in [0, 0.05) is 17.9 Å². The Morgan fingerprint density at radius 3 is 2.52 bits per heavy atom. The molecular weight excluding hydrogens is 360 g/mol. The van der Waals surface area contributed by atoms with Gasteiger partial charge in [-0.3, -0.25) is 4.99 Å². The summed E-state index contributed by atoms with van der Waals surface area (Å²) in [5.41, 5.74) is 3.79. The molecule has 0 amide bonds. The maximum absolute atomic E-state index is 12.1. The molecule has 0 N–H and O–H groups in total. The molecule has 0 atom stereocenters. The summed E-state index contributed by atoms with van der Waals surface area (Å²) in [5, 5.41) is 0. The zero-order valence-corrected chi connectivity index (χ0v) is 17.3. The second-order valence-corrected chi connectivity index (χ2v) is 9.25. The number of hydrogen-bond acceptors (Lipinski definition) is 5. The summed E-state index contributed by atoms with van der Waals surface area (Å²) in [4.78, 5) is 11.5. The zero-order chi connectivity index (χ0) is 19.8. The molecule has 0 aliphatic carbocycles. The van der Waals surface area contributed by atoms with Crippen molar-refractivity contribution in [3.05, 3.63) is 53.8 Å². The van der Waals surface area contributed by atoms with E-state index in [4.69, 9.17) is 4.99 Å². The molecule has 3 rings (SSSR count). The molecule has 1 aliphatic heterocycles. The van der Waals surface area contributed by atoms with Crippen molar-refractivity contribution in [2.45, 2.75) is 45.6 Å². The van der Waals surface area contributed by atoms with E-state index in [0.29, 0.717) is 17.6 Å². The Kier molecular flexibility index (Phi) is 5.24. The molecule has 7 heteroatoms. The first-order chi connectivity index (χ1) is 12.7. The topological polar surface area (TPSA) is 67.6 Å². The van der Waals surface area contributed by atoms with Gasteiger partial charge in [0.1, 0.15) is 12.5 Å². The van der Waals surface area contributed by atoms with Crippen LogP contribution < -0.4 is 4.90 Å². The van der Waals surface area contributed by atoms with Crippen LogP contribution in [0.4, 0.5) is 5.69 Å². The summed E-state index contributed by atoms with van der Waals surface area (Å²) in [7, 11) is -3.20. The molecule has 0 saturated heterocycles. The van der Waals surface area contributed by atoms with Crippen molar-refractivity contribution < 1.29 is 8.42 Å². The van der Waals surface area contributed by atoms with Gasteiger partial charge in [-0.1, -0.05) is 6.92 Å². The van der Waals surface area contributed by atoms with E-state index >= 15 is 0 Å². The third-order valence-electron chi connectivity index (χ3n) is 4.78. The largest absolute Gasteiger partial charge is 0.328 e. The van der Waals surface area contributed by atoms with Crippen LogP contribution in [0.25, 0.3) is 0 Å². The van der Waals surface area contributed by atoms with Gasteiger partial charge in [0.05, 0.1) is 28.3 Å². The lowest BCUT2D eigenvalue weighted by atomic mass is 10.1. The Morgan fingerprint density at radius 2 is 1.96 bits per heavy atom. The molecule has 0 saturated carbocycles. The van der Waals surface area contributed by atoms with Crippen LogP contribution in [0, 0.1) is 13.8 Å². The first-order valence-corrected chi connectivity index (χ1v) is 10.8. The van der Waals surface area contributed by atoms with Crippen molar-refractivity contribution >= 4 is 21.2 Å². The van der Waals surface area contributed by atoms with E-state index in [2.05, 4.69) is 23.4 Å². The molecule has 6 nitrogen and oxygen atoms in total. The average molecular weight is 387 g/mol. The van der Waals surface area contributed by atoms with Gasteiger partial charge >= 0.3 is 0 Å². The molecule has 2 aromatic rings. The number of hydrogen-bond donors (Lipinski definition) is 0. The van der Waals surface area contributed by atoms with Crippen molar-refractivity contribution in [3.63, 3.8) is 0 Å². The lowest BCUT2D eigenvalue weighted by Crippen LogP contribution is -2.24. The highest BCUT2D eigenvalue weighted by atomic mass is 32.2. The Bertz CT molecular complexity index is 1020. The number of nitrogens with zero attached hydrogens (tertiary/aromatic N) is 4. The van der Waals surface area contributed by atoms with Crippen molar-refractivity contribution in [2.24, 2.45) is 4.99 Å². The summed E-state index contributed by atoms with van der Waals surface area (Å²) < 4.78 is 26.3. The van der Waals surface area contributed by atoms with Gasteiger partial charge in [-0.25, -0.2) is 13.4 Å². The highest BCUT2D eigenvalue weighted by Crippen LogP contribution is 2.26. The lowest BCUT2D eigenvalue weighted by molar-refractivity contribution is 0.579. The standard InChI is InChI=1S/C20H26N4O2S/c1-6-27(25,26)17-7-8-19(15(4)11-17)23-10-9-18(22-13-23)20-12-21-16(5)24(20)14(2)3/h7-12,14H,6,13H2,1-5H3. The van der Waals surface area contributed by atoms with Crippen molar-refractivity contribution in [1.29, 1.82) is 0 Å². The Balaban J connectivity index is 1.85. The SMILES string of the molecule is CCS(=O)(=O)c1ccc(N2C=CC(c3cnc(C)n3C(C)C)=NC2)c(C)c1. The highest BCUT2D eigenvalue weighted by molar-refractivity contribution is 7.91. The number of aryl methyl sites for hydroxylation is 2. The lowest BCUT2D eigenvalue weighted by Gasteiger charge is -2.25. The third-order valence-corrected chi connectivity index (χ3v) is 6.52. The molecule has 0 unspecified atom stereocenters. The normalized spacial score (nSPS) is 14.7. The molecule has 144 valence electrons. The van der Waals surface area contributed by atoms with Crippen LogP contribution in [-0.2, 0) is 9.84 Å². The number of imidazole rings is 1. The first kappa shape index (κ1) is 19.4. The van der Waals surface area contributed by atoms with Crippen LogP contribution in [0.3, 0.4) is 0 Å². The number of rotatable bonds is 5. The van der Waals surface area contributed by atoms with Crippen LogP contribution >= 0.6 is 0 Å². The van der Waals surface area contributed by atoms with Gasteiger partial charge < -0.3 is 9.47 Å². The van der Waals surface area contributed by atoms with Gasteiger partial charge in [0.15, 0.2) is 9.84 Å². The smallest absolute Gasteiger partial charge is 0.178 e. The molecule has 0 radical (unpaired) electrons. The second-order valence-electron chi connectivity index (χ2n) is 6.98. The summed E-state index contributed by atoms with van der Waals surface area (Å²) in [6.45, 7) is 10.3. The van der Waals surface area contributed by atoms with Crippen LogP contribution in [0.5, 0.6) is 0 Å². The molecule has 2 heterocycles. The summed E-state index contributed by atoms with van der Waals surface area (Å²) in [6.07, 6.45) is 5.84. The molecule has 0 fully saturated rings. The number of aliphatic imine (C=N–C) groups is 1. The number of aromatic nitrogens is 2. The Morgan fingerprint density at radius 1 is 1.22 bits per heavy atom. The number of benzene rings is 1. The number of anilines is 1. The van der Waals surface area contributed by atoms with Crippen LogP contribution in [-0.4, -0.2) is 36.1 Å². The van der Waals surface area contributed by atoms with E-state index in [-0.39, 0.29) is 5.75 Å². The Hall–Kier alpha value is -2.41. The minimum atomic E-state index is -3.20. The van der Waals surface area contributed by atoms with Crippen molar-refractivity contribution in [3.8, 4) is 0 Å². The van der Waals surface area contributed by atoms with Crippen LogP contribution in [0.1, 0.15) is 43.9 Å². The summed E-state index contributed by atoms with van der Waals surface area (Å²) in [6, 6.07) is 5.57. The number of sulfone groups is 1.